The molecule has 1 saturated carbocycles. The van der Waals surface area contributed by atoms with Gasteiger partial charge in [-0.1, -0.05) is 56.9 Å². The third kappa shape index (κ3) is 5.56. The van der Waals surface area contributed by atoms with Gasteiger partial charge in [-0.05, 0) is 83.6 Å². The molecule has 5 N–H and O–H groups in total. The van der Waals surface area contributed by atoms with E-state index < -0.39 is 6.10 Å². The fourth-order valence-electron chi connectivity index (χ4n) is 8.48. The molecule has 8 heteroatoms. The Labute approximate surface area is 271 Å². The van der Waals surface area contributed by atoms with Gasteiger partial charge in [0.05, 0.1) is 18.4 Å². The molecule has 2 aliphatic carbocycles. The first-order valence-corrected chi connectivity index (χ1v) is 17.1. The number of hydrogen-bond donors (Lipinski definition) is 4. The number of unbranched alkanes of at least 4 members (excludes halogenated alkanes) is 2. The number of aliphatic imine (C=N–C) groups is 1. The van der Waals surface area contributed by atoms with E-state index in [1.807, 2.05) is 12.1 Å². The lowest BCUT2D eigenvalue weighted by atomic mass is 9.58. The van der Waals surface area contributed by atoms with Crippen molar-refractivity contribution in [1.82, 2.24) is 10.2 Å². The average molecular weight is 623 g/mol. The van der Waals surface area contributed by atoms with Gasteiger partial charge in [0.15, 0.2) is 18.2 Å². The van der Waals surface area contributed by atoms with Crippen molar-refractivity contribution in [2.75, 3.05) is 13.3 Å². The van der Waals surface area contributed by atoms with Crippen LogP contribution in [0.3, 0.4) is 0 Å². The Kier molecular flexibility index (Phi) is 8.51. The largest absolute Gasteiger partial charge is 0.504 e. The Balaban J connectivity index is 1.03. The van der Waals surface area contributed by atoms with E-state index in [1.165, 1.54) is 46.3 Å². The SMILES string of the molecule is CCCCCC(O)CC(=O)CCc1ccc(O)c(OCN2C=C3C(C45CCCC4CC4=CNC(N)c6cccc5c64)=CN=C3C2)c1. The van der Waals surface area contributed by atoms with Gasteiger partial charge in [-0.25, -0.2) is 0 Å². The molecule has 1 fully saturated rings. The molecule has 3 heterocycles. The molecular weight excluding hydrogens is 576 g/mol. The molecule has 0 amide bonds. The van der Waals surface area contributed by atoms with Crippen LogP contribution in [0, 0.1) is 5.92 Å². The smallest absolute Gasteiger partial charge is 0.163 e. The van der Waals surface area contributed by atoms with Gasteiger partial charge < -0.3 is 30.9 Å². The number of fused-ring (bicyclic) bond motifs is 3. The normalized spacial score (nSPS) is 24.6. The van der Waals surface area contributed by atoms with Gasteiger partial charge in [0.1, 0.15) is 11.9 Å². The number of nitrogens with one attached hydrogen (secondary N) is 1. The van der Waals surface area contributed by atoms with Crippen LogP contribution in [0.4, 0.5) is 0 Å². The van der Waals surface area contributed by atoms with Crippen molar-refractivity contribution >= 4 is 17.1 Å². The molecule has 0 saturated heterocycles. The van der Waals surface area contributed by atoms with Crippen molar-refractivity contribution in [3.05, 3.63) is 88.4 Å². The molecule has 0 aromatic heterocycles. The summed E-state index contributed by atoms with van der Waals surface area (Å²) < 4.78 is 6.14. The van der Waals surface area contributed by atoms with E-state index in [4.69, 9.17) is 15.5 Å². The van der Waals surface area contributed by atoms with E-state index in [9.17, 15) is 15.0 Å². The van der Waals surface area contributed by atoms with Crippen LogP contribution in [0.5, 0.6) is 11.5 Å². The minimum Gasteiger partial charge on any atom is -0.504 e. The maximum atomic E-state index is 12.5. The van der Waals surface area contributed by atoms with E-state index in [2.05, 4.69) is 53.9 Å². The molecule has 0 spiro atoms. The first-order valence-electron chi connectivity index (χ1n) is 17.1. The number of rotatable bonds is 13. The third-order valence-corrected chi connectivity index (χ3v) is 10.8. The van der Waals surface area contributed by atoms with E-state index in [0.717, 1.165) is 43.4 Å². The summed E-state index contributed by atoms with van der Waals surface area (Å²) in [5.41, 5.74) is 16.2. The molecule has 2 aromatic carbocycles. The number of ketones is 1. The Morgan fingerprint density at radius 3 is 3.02 bits per heavy atom. The van der Waals surface area contributed by atoms with Crippen LogP contribution in [0.2, 0.25) is 0 Å². The molecule has 2 aromatic rings. The first-order chi connectivity index (χ1) is 22.4. The highest BCUT2D eigenvalue weighted by atomic mass is 16.5. The summed E-state index contributed by atoms with van der Waals surface area (Å²) in [7, 11) is 0. The van der Waals surface area contributed by atoms with E-state index in [0.29, 0.717) is 37.5 Å². The number of aliphatic hydroxyl groups excluding tert-OH is 1. The number of aliphatic hydroxyl groups is 1. The number of nitrogens with two attached hydrogens (primary N) is 1. The second-order valence-electron chi connectivity index (χ2n) is 13.7. The van der Waals surface area contributed by atoms with Gasteiger partial charge in [0.25, 0.3) is 0 Å². The fraction of sp³-hybridized carbons (Fsp3) is 0.474. The number of carbonyl (C=O) groups excluding carboxylic acids is 1. The summed E-state index contributed by atoms with van der Waals surface area (Å²) >= 11 is 0. The van der Waals surface area contributed by atoms with Crippen LogP contribution in [-0.2, 0) is 16.6 Å². The van der Waals surface area contributed by atoms with Crippen molar-refractivity contribution in [3.8, 4) is 11.5 Å². The van der Waals surface area contributed by atoms with Crippen molar-refractivity contribution in [2.24, 2.45) is 16.6 Å². The van der Waals surface area contributed by atoms with Gasteiger partial charge in [0.2, 0.25) is 0 Å². The van der Waals surface area contributed by atoms with Crippen LogP contribution < -0.4 is 15.8 Å². The summed E-state index contributed by atoms with van der Waals surface area (Å²) in [6.07, 6.45) is 15.1. The number of phenols is 1. The number of nitrogens with zero attached hydrogens (tertiary/aromatic N) is 2. The monoisotopic (exact) mass is 622 g/mol. The Morgan fingerprint density at radius 2 is 2.15 bits per heavy atom. The van der Waals surface area contributed by atoms with Crippen LogP contribution in [0.15, 0.2) is 71.1 Å². The van der Waals surface area contributed by atoms with E-state index in [1.54, 1.807) is 6.07 Å². The summed E-state index contributed by atoms with van der Waals surface area (Å²) in [5, 5.41) is 24.1. The number of aryl methyl sites for hydroxylation is 1. The zero-order valence-corrected chi connectivity index (χ0v) is 26.8. The fourth-order valence-corrected chi connectivity index (χ4v) is 8.48. The number of aromatic hydroxyl groups is 1. The molecule has 5 aliphatic rings. The molecule has 7 rings (SSSR count). The predicted octanol–water partition coefficient (Wildman–Crippen LogP) is 6.14. The molecule has 4 atom stereocenters. The van der Waals surface area contributed by atoms with Crippen molar-refractivity contribution < 1.29 is 19.7 Å². The van der Waals surface area contributed by atoms with Gasteiger partial charge in [-0.15, -0.1) is 0 Å². The molecule has 0 bridgehead atoms. The van der Waals surface area contributed by atoms with Gasteiger partial charge in [-0.2, -0.15) is 0 Å². The zero-order valence-electron chi connectivity index (χ0n) is 26.8. The summed E-state index contributed by atoms with van der Waals surface area (Å²) in [5.74, 6) is 1.05. The first kappa shape index (κ1) is 30.8. The van der Waals surface area contributed by atoms with Crippen molar-refractivity contribution in [2.45, 2.75) is 95.2 Å². The molecule has 8 nitrogen and oxygen atoms in total. The Morgan fingerprint density at radius 1 is 1.26 bits per heavy atom. The summed E-state index contributed by atoms with van der Waals surface area (Å²) in [6.45, 7) is 3.06. The predicted molar refractivity (Wildman–Crippen MR) is 180 cm³/mol. The second kappa shape index (κ2) is 12.7. The standard InChI is InChI=1S/C38H46N4O4/c1-2-3-4-8-27(43)18-28(44)13-11-24-12-14-34(45)35(16-24)46-23-42-21-30-32(20-40-33(30)22-42)38-15-6-7-26(38)17-25-19-41-37(39)29-9-5-10-31(38)36(25)29/h5,9-10,12,14,16,19-21,26-27,37,41,43,45H,2-4,6-8,11,13,15,17-18,22-23,39H2,1H3. The molecule has 242 valence electrons. The number of benzene rings is 2. The zero-order chi connectivity index (χ0) is 31.8. The number of Topliss-reactive ketones (excluding diaryl/α,β-unsaturated/α-hetero) is 1. The average Bonchev–Trinajstić information content (AvgIpc) is 3.77. The van der Waals surface area contributed by atoms with Crippen LogP contribution in [0.1, 0.15) is 99.6 Å². The second-order valence-corrected chi connectivity index (χ2v) is 13.7. The number of carbonyl (C=O) groups is 1. The van der Waals surface area contributed by atoms with E-state index in [-0.39, 0.29) is 36.3 Å². The molecule has 46 heavy (non-hydrogen) atoms. The number of ether oxygens (including phenoxy) is 1. The lowest BCUT2D eigenvalue weighted by Crippen LogP contribution is -2.41. The minimum atomic E-state index is -0.563. The molecule has 4 unspecified atom stereocenters. The minimum absolute atomic E-state index is 0.0594. The quantitative estimate of drug-likeness (QED) is 0.198. The van der Waals surface area contributed by atoms with Gasteiger partial charge in [0, 0.05) is 42.4 Å². The maximum Gasteiger partial charge on any atom is 0.163 e. The van der Waals surface area contributed by atoms with E-state index >= 15 is 0 Å². The molecule has 3 aliphatic heterocycles. The lowest BCUT2D eigenvalue weighted by Gasteiger charge is -2.46. The van der Waals surface area contributed by atoms with Gasteiger partial charge >= 0.3 is 0 Å². The van der Waals surface area contributed by atoms with Crippen LogP contribution >= 0.6 is 0 Å². The highest BCUT2D eigenvalue weighted by Crippen LogP contribution is 2.61. The topological polar surface area (TPSA) is 120 Å². The highest BCUT2D eigenvalue weighted by molar-refractivity contribution is 6.10. The van der Waals surface area contributed by atoms with Crippen molar-refractivity contribution in [1.29, 1.82) is 0 Å². The Bertz CT molecular complexity index is 1640. The van der Waals surface area contributed by atoms with Crippen LogP contribution in [-0.4, -0.2) is 46.0 Å². The number of allylic oxidation sites excluding steroid dienone is 2. The number of phenolic OH excluding ortho intramolecular Hbond substituents is 1. The lowest BCUT2D eigenvalue weighted by molar-refractivity contribution is -0.121. The van der Waals surface area contributed by atoms with Gasteiger partial charge in [-0.3, -0.25) is 9.79 Å². The molecule has 0 radical (unpaired) electrons. The van der Waals surface area contributed by atoms with Crippen molar-refractivity contribution in [3.63, 3.8) is 0 Å². The highest BCUT2D eigenvalue weighted by Gasteiger charge is 2.54. The Hall–Kier alpha value is -3.88. The molecular formula is C38H46N4O4. The third-order valence-electron chi connectivity index (χ3n) is 10.8. The summed E-state index contributed by atoms with van der Waals surface area (Å²) in [4.78, 5) is 19.5. The number of hydrogen-bond acceptors (Lipinski definition) is 8. The summed E-state index contributed by atoms with van der Waals surface area (Å²) in [6, 6.07) is 11.9. The van der Waals surface area contributed by atoms with Crippen LogP contribution in [0.25, 0.3) is 5.57 Å². The maximum absolute atomic E-state index is 12.5.